The molecule has 2 rings (SSSR count). The summed E-state index contributed by atoms with van der Waals surface area (Å²) in [5, 5.41) is 2.88. The van der Waals surface area contributed by atoms with Gasteiger partial charge in [-0.2, -0.15) is 0 Å². The van der Waals surface area contributed by atoms with Gasteiger partial charge in [-0.3, -0.25) is 9.78 Å². The fourth-order valence-corrected chi connectivity index (χ4v) is 1.93. The zero-order valence-electron chi connectivity index (χ0n) is 11.7. The lowest BCUT2D eigenvalue weighted by molar-refractivity contribution is -0.122. The highest BCUT2D eigenvalue weighted by Crippen LogP contribution is 2.21. The Balaban J connectivity index is 2.10. The molecule has 0 fully saturated rings. The van der Waals surface area contributed by atoms with Crippen molar-refractivity contribution in [3.63, 3.8) is 0 Å². The molecule has 2 aromatic rings. The Bertz CT molecular complexity index is 564. The van der Waals surface area contributed by atoms with Crippen molar-refractivity contribution in [2.75, 3.05) is 0 Å². The second-order valence-electron chi connectivity index (χ2n) is 4.88. The quantitative estimate of drug-likeness (QED) is 0.894. The third-order valence-electron chi connectivity index (χ3n) is 3.18. The smallest absolute Gasteiger partial charge is 0.237 e. The topological polar surface area (TPSA) is 68.0 Å². The largest absolute Gasteiger partial charge is 0.348 e. The van der Waals surface area contributed by atoms with Crippen LogP contribution in [0.25, 0.3) is 11.1 Å². The summed E-state index contributed by atoms with van der Waals surface area (Å²) in [5.74, 6) is -0.145. The number of hydrogen-bond acceptors (Lipinski definition) is 3. The summed E-state index contributed by atoms with van der Waals surface area (Å²) in [6, 6.07) is 11.5. The molecular weight excluding hydrogens is 250 g/mol. The normalized spacial score (nSPS) is 13.6. The van der Waals surface area contributed by atoms with Gasteiger partial charge in [0.25, 0.3) is 0 Å². The van der Waals surface area contributed by atoms with Crippen LogP contribution in [0.1, 0.15) is 25.5 Å². The predicted molar refractivity (Wildman–Crippen MR) is 79.9 cm³/mol. The molecule has 3 N–H and O–H groups in total. The number of hydrogen-bond donors (Lipinski definition) is 2. The highest BCUT2D eigenvalue weighted by molar-refractivity contribution is 5.81. The van der Waals surface area contributed by atoms with Gasteiger partial charge in [0, 0.05) is 12.4 Å². The fraction of sp³-hybridized carbons (Fsp3) is 0.250. The van der Waals surface area contributed by atoms with Gasteiger partial charge in [0.1, 0.15) is 0 Å². The first-order valence-electron chi connectivity index (χ1n) is 6.64. The lowest BCUT2D eigenvalue weighted by Crippen LogP contribution is -2.39. The Labute approximate surface area is 119 Å². The van der Waals surface area contributed by atoms with E-state index in [0.29, 0.717) is 0 Å². The maximum atomic E-state index is 11.6. The van der Waals surface area contributed by atoms with Gasteiger partial charge in [-0.15, -0.1) is 0 Å². The van der Waals surface area contributed by atoms with Crippen LogP contribution in [0.4, 0.5) is 0 Å². The number of nitrogens with two attached hydrogens (primary N) is 1. The van der Waals surface area contributed by atoms with Gasteiger partial charge in [-0.25, -0.2) is 0 Å². The molecule has 1 aromatic heterocycles. The molecule has 20 heavy (non-hydrogen) atoms. The number of amides is 1. The van der Waals surface area contributed by atoms with Crippen LogP contribution in [0.3, 0.4) is 0 Å². The molecule has 0 radical (unpaired) electrons. The van der Waals surface area contributed by atoms with Crippen LogP contribution < -0.4 is 11.1 Å². The molecule has 104 valence electrons. The van der Waals surface area contributed by atoms with E-state index >= 15 is 0 Å². The third-order valence-corrected chi connectivity index (χ3v) is 3.18. The second kappa shape index (κ2) is 6.30. The van der Waals surface area contributed by atoms with Gasteiger partial charge >= 0.3 is 0 Å². The summed E-state index contributed by atoms with van der Waals surface area (Å²) in [7, 11) is 0. The van der Waals surface area contributed by atoms with Crippen molar-refractivity contribution in [1.29, 1.82) is 0 Å². The monoisotopic (exact) mass is 269 g/mol. The van der Waals surface area contributed by atoms with E-state index in [9.17, 15) is 4.79 Å². The lowest BCUT2D eigenvalue weighted by atomic mass is 10.0. The minimum absolute atomic E-state index is 0.0588. The maximum absolute atomic E-state index is 11.6. The first kappa shape index (κ1) is 14.2. The van der Waals surface area contributed by atoms with Crippen LogP contribution in [0, 0.1) is 0 Å². The summed E-state index contributed by atoms with van der Waals surface area (Å²) in [6.45, 7) is 3.62. The number of rotatable bonds is 4. The molecule has 1 amide bonds. The summed E-state index contributed by atoms with van der Waals surface area (Å²) in [5.41, 5.74) is 8.77. The van der Waals surface area contributed by atoms with E-state index in [-0.39, 0.29) is 11.9 Å². The summed E-state index contributed by atoms with van der Waals surface area (Å²) < 4.78 is 0. The van der Waals surface area contributed by atoms with Crippen molar-refractivity contribution in [2.24, 2.45) is 5.73 Å². The van der Waals surface area contributed by atoms with Crippen LogP contribution in [-0.2, 0) is 4.79 Å². The van der Waals surface area contributed by atoms with Crippen molar-refractivity contribution in [3.8, 4) is 11.1 Å². The molecule has 0 saturated carbocycles. The number of carbonyl (C=O) groups excluding carboxylic acids is 1. The van der Waals surface area contributed by atoms with Crippen molar-refractivity contribution < 1.29 is 4.79 Å². The summed E-state index contributed by atoms with van der Waals surface area (Å²) in [4.78, 5) is 15.7. The molecule has 0 spiro atoms. The molecular formula is C16H19N3O. The molecule has 4 heteroatoms. The first-order valence-corrected chi connectivity index (χ1v) is 6.64. The van der Waals surface area contributed by atoms with Gasteiger partial charge < -0.3 is 11.1 Å². The standard InChI is InChI=1S/C16H19N3O/c1-11(17)16(20)19-12(2)13-5-7-14(8-6-13)15-4-3-9-18-10-15/h3-12H,17H2,1-2H3,(H,19,20). The van der Waals surface area contributed by atoms with Crippen LogP contribution in [-0.4, -0.2) is 16.9 Å². The van der Waals surface area contributed by atoms with Gasteiger partial charge in [-0.1, -0.05) is 30.3 Å². The Morgan fingerprint density at radius 2 is 1.85 bits per heavy atom. The van der Waals surface area contributed by atoms with E-state index in [1.54, 1.807) is 13.1 Å². The Hall–Kier alpha value is -2.20. The number of carbonyl (C=O) groups is 1. The van der Waals surface area contributed by atoms with E-state index in [4.69, 9.17) is 5.73 Å². The second-order valence-corrected chi connectivity index (χ2v) is 4.88. The van der Waals surface area contributed by atoms with Crippen molar-refractivity contribution >= 4 is 5.91 Å². The first-order chi connectivity index (χ1) is 9.58. The number of benzene rings is 1. The van der Waals surface area contributed by atoms with Crippen molar-refractivity contribution in [2.45, 2.75) is 25.9 Å². The van der Waals surface area contributed by atoms with E-state index in [1.807, 2.05) is 49.5 Å². The van der Waals surface area contributed by atoms with Gasteiger partial charge in [0.15, 0.2) is 0 Å². The Morgan fingerprint density at radius 3 is 2.40 bits per heavy atom. The predicted octanol–water partition coefficient (Wildman–Crippen LogP) is 2.27. The SMILES string of the molecule is CC(N)C(=O)NC(C)c1ccc(-c2cccnc2)cc1. The zero-order valence-corrected chi connectivity index (χ0v) is 11.7. The molecule has 0 aliphatic rings. The molecule has 2 unspecified atom stereocenters. The van der Waals surface area contributed by atoms with Crippen molar-refractivity contribution in [3.05, 3.63) is 54.4 Å². The molecule has 1 aromatic carbocycles. The van der Waals surface area contributed by atoms with E-state index in [2.05, 4.69) is 10.3 Å². The Morgan fingerprint density at radius 1 is 1.15 bits per heavy atom. The van der Waals surface area contributed by atoms with Crippen LogP contribution in [0.5, 0.6) is 0 Å². The number of pyridine rings is 1. The number of aromatic nitrogens is 1. The van der Waals surface area contributed by atoms with Crippen molar-refractivity contribution in [1.82, 2.24) is 10.3 Å². The summed E-state index contributed by atoms with van der Waals surface area (Å²) >= 11 is 0. The molecule has 0 aliphatic heterocycles. The van der Waals surface area contributed by atoms with E-state index < -0.39 is 6.04 Å². The third kappa shape index (κ3) is 3.42. The molecule has 0 aliphatic carbocycles. The van der Waals surface area contributed by atoms with Gasteiger partial charge in [0.05, 0.1) is 12.1 Å². The van der Waals surface area contributed by atoms with Crippen LogP contribution >= 0.6 is 0 Å². The number of nitrogens with zero attached hydrogens (tertiary/aromatic N) is 1. The minimum Gasteiger partial charge on any atom is -0.348 e. The van der Waals surface area contributed by atoms with Gasteiger partial charge in [-0.05, 0) is 36.6 Å². The summed E-state index contributed by atoms with van der Waals surface area (Å²) in [6.07, 6.45) is 3.58. The van der Waals surface area contributed by atoms with Crippen LogP contribution in [0.2, 0.25) is 0 Å². The average molecular weight is 269 g/mol. The highest BCUT2D eigenvalue weighted by Gasteiger charge is 2.12. The molecule has 0 saturated heterocycles. The van der Waals surface area contributed by atoms with Crippen LogP contribution in [0.15, 0.2) is 48.8 Å². The minimum atomic E-state index is -0.493. The maximum Gasteiger partial charge on any atom is 0.237 e. The molecule has 2 atom stereocenters. The van der Waals surface area contributed by atoms with E-state index in [1.165, 1.54) is 0 Å². The highest BCUT2D eigenvalue weighted by atomic mass is 16.2. The molecule has 1 heterocycles. The zero-order chi connectivity index (χ0) is 14.5. The average Bonchev–Trinajstić information content (AvgIpc) is 2.48. The molecule has 0 bridgehead atoms. The molecule has 4 nitrogen and oxygen atoms in total. The van der Waals surface area contributed by atoms with Gasteiger partial charge in [0.2, 0.25) is 5.91 Å². The van der Waals surface area contributed by atoms with E-state index in [0.717, 1.165) is 16.7 Å². The fourth-order valence-electron chi connectivity index (χ4n) is 1.93. The lowest BCUT2D eigenvalue weighted by Gasteiger charge is -2.16. The Kier molecular flexibility index (Phi) is 4.48. The number of nitrogens with one attached hydrogen (secondary N) is 1.